The molecule has 1 fully saturated rings. The topological polar surface area (TPSA) is 43.2 Å². The van der Waals surface area contributed by atoms with Crippen LogP contribution in [0.1, 0.15) is 27.7 Å². The van der Waals surface area contributed by atoms with E-state index in [-0.39, 0.29) is 18.3 Å². The van der Waals surface area contributed by atoms with Gasteiger partial charge >= 0.3 is 7.12 Å². The first kappa shape index (κ1) is 11.9. The van der Waals surface area contributed by atoms with Crippen LogP contribution in [0.2, 0.25) is 0 Å². The number of hydrogen-bond acceptors (Lipinski definition) is 4. The zero-order chi connectivity index (χ0) is 13.0. The van der Waals surface area contributed by atoms with Crippen molar-refractivity contribution >= 4 is 19.0 Å². The molecule has 3 aliphatic rings. The lowest BCUT2D eigenvalue weighted by atomic mass is 9.69. The minimum absolute atomic E-state index is 0.310. The Bertz CT molecular complexity index is 487. The molecule has 18 heavy (non-hydrogen) atoms. The fourth-order valence-corrected chi connectivity index (χ4v) is 2.05. The molecule has 4 nitrogen and oxygen atoms in total. The standard InChI is InChI=1S/C13H16BN2O2/c1-12(2)13(3,4)18-14(17-12)10-5-6-11-9(7-10)8-15-16-11/h5-8H,1-4H3. The Kier molecular flexibility index (Phi) is 2.41. The summed E-state index contributed by atoms with van der Waals surface area (Å²) < 4.78 is 12.0. The van der Waals surface area contributed by atoms with Gasteiger partial charge in [-0.15, -0.1) is 0 Å². The predicted molar refractivity (Wildman–Crippen MR) is 72.5 cm³/mol. The van der Waals surface area contributed by atoms with Gasteiger partial charge in [0.2, 0.25) is 0 Å². The third kappa shape index (κ3) is 1.69. The lowest BCUT2D eigenvalue weighted by Gasteiger charge is -2.32. The van der Waals surface area contributed by atoms with Gasteiger partial charge in [0.15, 0.2) is 0 Å². The zero-order valence-corrected chi connectivity index (χ0v) is 11.1. The van der Waals surface area contributed by atoms with Crippen molar-refractivity contribution in [3.05, 3.63) is 29.6 Å². The summed E-state index contributed by atoms with van der Waals surface area (Å²) in [5, 5.41) is 7.91. The van der Waals surface area contributed by atoms with Crippen LogP contribution in [0.15, 0.2) is 34.0 Å². The molecule has 0 aromatic heterocycles. The van der Waals surface area contributed by atoms with Crippen LogP contribution in [0.3, 0.4) is 0 Å². The van der Waals surface area contributed by atoms with Crippen molar-refractivity contribution < 1.29 is 9.31 Å². The van der Waals surface area contributed by atoms with Crippen LogP contribution < -0.4 is 0 Å². The molecule has 0 aromatic rings. The Morgan fingerprint density at radius 2 is 1.72 bits per heavy atom. The van der Waals surface area contributed by atoms with E-state index in [1.807, 2.05) is 18.2 Å². The maximum atomic E-state index is 6.01. The van der Waals surface area contributed by atoms with E-state index in [1.54, 1.807) is 6.21 Å². The van der Waals surface area contributed by atoms with Crippen LogP contribution in [0, 0.1) is 5.82 Å². The second kappa shape index (κ2) is 3.65. The highest BCUT2D eigenvalue weighted by Crippen LogP contribution is 2.40. The maximum absolute atomic E-state index is 6.01. The summed E-state index contributed by atoms with van der Waals surface area (Å²) in [5.41, 5.74) is 1.29. The van der Waals surface area contributed by atoms with Gasteiger partial charge in [-0.1, -0.05) is 12.2 Å². The van der Waals surface area contributed by atoms with E-state index in [0.29, 0.717) is 0 Å². The second-order valence-electron chi connectivity index (χ2n) is 5.75. The minimum Gasteiger partial charge on any atom is -0.402 e. The smallest absolute Gasteiger partial charge is 0.402 e. The molecule has 1 radical (unpaired) electrons. The van der Waals surface area contributed by atoms with E-state index < -0.39 is 0 Å². The van der Waals surface area contributed by atoms with Gasteiger partial charge in [0.1, 0.15) is 0 Å². The third-order valence-corrected chi connectivity index (χ3v) is 3.94. The van der Waals surface area contributed by atoms with Gasteiger partial charge in [0, 0.05) is 5.57 Å². The first-order chi connectivity index (χ1) is 8.39. The van der Waals surface area contributed by atoms with E-state index in [9.17, 15) is 0 Å². The predicted octanol–water partition coefficient (Wildman–Crippen LogP) is 2.13. The lowest BCUT2D eigenvalue weighted by Crippen LogP contribution is -2.41. The molecule has 93 valence electrons. The van der Waals surface area contributed by atoms with Gasteiger partial charge < -0.3 is 9.31 Å². The van der Waals surface area contributed by atoms with E-state index in [0.717, 1.165) is 17.1 Å². The average molecular weight is 243 g/mol. The summed E-state index contributed by atoms with van der Waals surface area (Å²) in [6.45, 7) is 8.21. The molecule has 0 unspecified atom stereocenters. The number of fused-ring (bicyclic) bond motifs is 1. The highest BCUT2D eigenvalue weighted by Gasteiger charge is 2.53. The summed E-state index contributed by atoms with van der Waals surface area (Å²) in [5.74, 6) is 1.01. The fraction of sp³-hybridized carbons (Fsp3) is 0.462. The van der Waals surface area contributed by atoms with Crippen molar-refractivity contribution in [2.75, 3.05) is 0 Å². The van der Waals surface area contributed by atoms with Crippen molar-refractivity contribution in [3.63, 3.8) is 0 Å². The largest absolute Gasteiger partial charge is 0.473 e. The molecule has 1 aliphatic carbocycles. The van der Waals surface area contributed by atoms with Crippen molar-refractivity contribution in [2.45, 2.75) is 38.9 Å². The summed E-state index contributed by atoms with van der Waals surface area (Å²) in [7, 11) is -0.325. The second-order valence-corrected chi connectivity index (χ2v) is 5.75. The van der Waals surface area contributed by atoms with Crippen molar-refractivity contribution in [3.8, 4) is 0 Å². The molecule has 2 aliphatic heterocycles. The van der Waals surface area contributed by atoms with Crippen LogP contribution >= 0.6 is 0 Å². The number of hydrogen-bond donors (Lipinski definition) is 0. The van der Waals surface area contributed by atoms with Crippen LogP contribution in [0.4, 0.5) is 0 Å². The molecule has 0 spiro atoms. The molecule has 5 heteroatoms. The van der Waals surface area contributed by atoms with Crippen LogP contribution in [-0.4, -0.2) is 30.2 Å². The quantitative estimate of drug-likeness (QED) is 0.662. The number of allylic oxidation sites excluding steroid dienone is 4. The fourth-order valence-electron chi connectivity index (χ4n) is 2.05. The average Bonchev–Trinajstić information content (AvgIpc) is 2.80. The minimum atomic E-state index is -0.325. The van der Waals surface area contributed by atoms with Gasteiger partial charge in [-0.2, -0.15) is 10.2 Å². The molecule has 0 atom stereocenters. The van der Waals surface area contributed by atoms with Crippen LogP contribution in [0.5, 0.6) is 0 Å². The Hall–Kier alpha value is -1.20. The maximum Gasteiger partial charge on any atom is 0.473 e. The Morgan fingerprint density at radius 3 is 2.39 bits per heavy atom. The molecule has 0 aromatic carbocycles. The number of nitrogens with zero attached hydrogens (tertiary/aromatic N) is 2. The summed E-state index contributed by atoms with van der Waals surface area (Å²) in [4.78, 5) is 0. The Balaban J connectivity index is 1.83. The summed E-state index contributed by atoms with van der Waals surface area (Å²) in [6, 6.07) is 0. The van der Waals surface area contributed by atoms with Gasteiger partial charge in [0.25, 0.3) is 0 Å². The Labute approximate surface area is 108 Å². The first-order valence-electron chi connectivity index (χ1n) is 6.13. The highest BCUT2D eigenvalue weighted by atomic mass is 16.7. The monoisotopic (exact) mass is 243 g/mol. The third-order valence-electron chi connectivity index (χ3n) is 3.94. The molecule has 0 bridgehead atoms. The molecular weight excluding hydrogens is 227 g/mol. The normalized spacial score (nSPS) is 28.3. The number of rotatable bonds is 1. The highest BCUT2D eigenvalue weighted by molar-refractivity contribution is 6.55. The molecule has 3 rings (SSSR count). The molecule has 0 amide bonds. The van der Waals surface area contributed by atoms with Crippen molar-refractivity contribution in [1.82, 2.24) is 0 Å². The van der Waals surface area contributed by atoms with Crippen molar-refractivity contribution in [2.24, 2.45) is 10.2 Å². The molecule has 2 heterocycles. The van der Waals surface area contributed by atoms with Gasteiger partial charge in [0.05, 0.1) is 28.9 Å². The van der Waals surface area contributed by atoms with Gasteiger partial charge in [-0.25, -0.2) is 0 Å². The van der Waals surface area contributed by atoms with Crippen LogP contribution in [-0.2, 0) is 9.31 Å². The summed E-state index contributed by atoms with van der Waals surface area (Å²) in [6.07, 6.45) is 7.71. The lowest BCUT2D eigenvalue weighted by molar-refractivity contribution is 0.00578. The Morgan fingerprint density at radius 1 is 1.06 bits per heavy atom. The van der Waals surface area contributed by atoms with Crippen molar-refractivity contribution in [1.29, 1.82) is 0 Å². The zero-order valence-electron chi connectivity index (χ0n) is 11.1. The van der Waals surface area contributed by atoms with E-state index in [2.05, 4.69) is 37.9 Å². The van der Waals surface area contributed by atoms with E-state index in [4.69, 9.17) is 9.31 Å². The molecule has 0 N–H and O–H groups in total. The van der Waals surface area contributed by atoms with Crippen LogP contribution in [0.25, 0.3) is 0 Å². The van der Waals surface area contributed by atoms with E-state index in [1.165, 1.54) is 0 Å². The molecular formula is C13H16BN2O2. The first-order valence-corrected chi connectivity index (χ1v) is 6.13. The van der Waals surface area contributed by atoms with Gasteiger partial charge in [-0.05, 0) is 33.8 Å². The molecule has 1 saturated heterocycles. The van der Waals surface area contributed by atoms with E-state index >= 15 is 0 Å². The molecule has 0 saturated carbocycles. The summed E-state index contributed by atoms with van der Waals surface area (Å²) >= 11 is 0. The van der Waals surface area contributed by atoms with Gasteiger partial charge in [-0.3, -0.25) is 0 Å². The SMILES string of the molecule is CC1(C)OB([C]2C=CC3=NN=CC3=C2)OC1(C)C.